The molecule has 1 N–H and O–H groups in total. The molecular weight excluding hydrogens is 398 g/mol. The van der Waals surface area contributed by atoms with Gasteiger partial charge in [-0.1, -0.05) is 28.9 Å². The van der Waals surface area contributed by atoms with Crippen LogP contribution in [-0.2, 0) is 0 Å². The zero-order valence-corrected chi connectivity index (χ0v) is 16.0. The Kier molecular flexibility index (Phi) is 5.13. The van der Waals surface area contributed by atoms with Crippen LogP contribution >= 0.6 is 11.6 Å². The van der Waals surface area contributed by atoms with Gasteiger partial charge in [0.15, 0.2) is 5.76 Å². The quantitative estimate of drug-likeness (QED) is 0.465. The van der Waals surface area contributed by atoms with E-state index in [1.807, 2.05) is 0 Å². The standard InChI is InChI=1S/C22H15ClF2N2O2/c1-12-4-6-16(17(24)9-12)22-19(21(28)13-3-2-8-26-11-13)20(27-29-22)15-7-5-14(23)10-18(15)25/h2-11,21,28H,1H3/t21-/m0/s1. The molecule has 2 heterocycles. The molecule has 0 bridgehead atoms. The maximum Gasteiger partial charge on any atom is 0.176 e. The van der Waals surface area contributed by atoms with Crippen molar-refractivity contribution in [2.75, 3.05) is 0 Å². The predicted molar refractivity (Wildman–Crippen MR) is 105 cm³/mol. The second-order valence-electron chi connectivity index (χ2n) is 6.57. The third-order valence-corrected chi connectivity index (χ3v) is 4.79. The van der Waals surface area contributed by atoms with Crippen molar-refractivity contribution < 1.29 is 18.4 Å². The molecule has 1 atom stereocenters. The van der Waals surface area contributed by atoms with Gasteiger partial charge in [-0.05, 0) is 48.9 Å². The van der Waals surface area contributed by atoms with Gasteiger partial charge in [0.1, 0.15) is 23.4 Å². The molecule has 0 unspecified atom stereocenters. The fraction of sp³-hybridized carbons (Fsp3) is 0.0909. The van der Waals surface area contributed by atoms with E-state index in [-0.39, 0.29) is 33.2 Å². The number of aryl methyl sites for hydroxylation is 1. The Morgan fingerprint density at radius 2 is 1.79 bits per heavy atom. The molecule has 0 saturated carbocycles. The highest BCUT2D eigenvalue weighted by atomic mass is 35.5. The smallest absolute Gasteiger partial charge is 0.176 e. The van der Waals surface area contributed by atoms with Crippen molar-refractivity contribution in [3.8, 4) is 22.6 Å². The lowest BCUT2D eigenvalue weighted by Crippen LogP contribution is -2.03. The first-order valence-corrected chi connectivity index (χ1v) is 9.13. The average Bonchev–Trinajstić information content (AvgIpc) is 3.12. The van der Waals surface area contributed by atoms with Gasteiger partial charge in [0.2, 0.25) is 0 Å². The monoisotopic (exact) mass is 412 g/mol. The fourth-order valence-electron chi connectivity index (χ4n) is 3.13. The van der Waals surface area contributed by atoms with E-state index in [0.717, 1.165) is 11.6 Å². The summed E-state index contributed by atoms with van der Waals surface area (Å²) in [6, 6.07) is 12.0. The lowest BCUT2D eigenvalue weighted by molar-refractivity contribution is 0.220. The molecule has 0 saturated heterocycles. The second-order valence-corrected chi connectivity index (χ2v) is 7.01. The molecule has 0 aliphatic heterocycles. The van der Waals surface area contributed by atoms with Crippen LogP contribution in [0, 0.1) is 18.6 Å². The molecule has 4 nitrogen and oxygen atoms in total. The maximum atomic E-state index is 14.7. The van der Waals surface area contributed by atoms with Gasteiger partial charge in [-0.2, -0.15) is 0 Å². The highest BCUT2D eigenvalue weighted by Gasteiger charge is 2.29. The highest BCUT2D eigenvalue weighted by molar-refractivity contribution is 6.30. The summed E-state index contributed by atoms with van der Waals surface area (Å²) in [5.74, 6) is -1.16. The van der Waals surface area contributed by atoms with E-state index in [4.69, 9.17) is 16.1 Å². The van der Waals surface area contributed by atoms with Crippen LogP contribution < -0.4 is 0 Å². The number of aliphatic hydroxyl groups excluding tert-OH is 1. The van der Waals surface area contributed by atoms with E-state index in [2.05, 4.69) is 10.1 Å². The molecule has 0 aliphatic carbocycles. The minimum Gasteiger partial charge on any atom is -0.383 e. The molecule has 4 aromatic rings. The van der Waals surface area contributed by atoms with Gasteiger partial charge >= 0.3 is 0 Å². The minimum atomic E-state index is -1.27. The van der Waals surface area contributed by atoms with Crippen LogP contribution in [0.1, 0.15) is 22.8 Å². The van der Waals surface area contributed by atoms with E-state index in [1.54, 1.807) is 31.3 Å². The molecule has 2 aromatic carbocycles. The average molecular weight is 413 g/mol. The number of nitrogens with zero attached hydrogens (tertiary/aromatic N) is 2. The van der Waals surface area contributed by atoms with Gasteiger partial charge in [-0.3, -0.25) is 4.98 Å². The number of pyridine rings is 1. The van der Waals surface area contributed by atoms with Crippen molar-refractivity contribution in [1.29, 1.82) is 0 Å². The van der Waals surface area contributed by atoms with Gasteiger partial charge in [0.05, 0.1) is 11.1 Å². The molecule has 0 aliphatic rings. The van der Waals surface area contributed by atoms with E-state index < -0.39 is 17.7 Å². The summed E-state index contributed by atoms with van der Waals surface area (Å²) in [5.41, 5.74) is 1.55. The molecule has 29 heavy (non-hydrogen) atoms. The van der Waals surface area contributed by atoms with Crippen LogP contribution in [0.5, 0.6) is 0 Å². The number of aromatic nitrogens is 2. The fourth-order valence-corrected chi connectivity index (χ4v) is 3.29. The molecule has 0 amide bonds. The zero-order valence-electron chi connectivity index (χ0n) is 15.2. The van der Waals surface area contributed by atoms with Crippen molar-refractivity contribution in [3.63, 3.8) is 0 Å². The third-order valence-electron chi connectivity index (χ3n) is 4.56. The lowest BCUT2D eigenvalue weighted by Gasteiger charge is -2.13. The number of rotatable bonds is 4. The summed E-state index contributed by atoms with van der Waals surface area (Å²) < 4.78 is 34.7. The summed E-state index contributed by atoms with van der Waals surface area (Å²) in [6.45, 7) is 1.76. The minimum absolute atomic E-state index is 0.0169. The SMILES string of the molecule is Cc1ccc(-c2onc(-c3ccc(Cl)cc3F)c2[C@@H](O)c2cccnc2)c(F)c1. The molecule has 7 heteroatoms. The topological polar surface area (TPSA) is 59.2 Å². The van der Waals surface area contributed by atoms with E-state index in [1.165, 1.54) is 30.5 Å². The number of benzene rings is 2. The first-order valence-electron chi connectivity index (χ1n) is 8.75. The van der Waals surface area contributed by atoms with E-state index >= 15 is 0 Å². The molecule has 2 aromatic heterocycles. The Morgan fingerprint density at radius 3 is 2.48 bits per heavy atom. The third kappa shape index (κ3) is 3.64. The van der Waals surface area contributed by atoms with Gasteiger partial charge < -0.3 is 9.63 Å². The van der Waals surface area contributed by atoms with Crippen molar-refractivity contribution in [2.24, 2.45) is 0 Å². The first kappa shape index (κ1) is 19.2. The first-order chi connectivity index (χ1) is 14.0. The van der Waals surface area contributed by atoms with Crippen LogP contribution in [0.25, 0.3) is 22.6 Å². The Labute approximate surface area is 170 Å². The van der Waals surface area contributed by atoms with Gasteiger partial charge in [0.25, 0.3) is 0 Å². The highest BCUT2D eigenvalue weighted by Crippen LogP contribution is 2.40. The maximum absolute atomic E-state index is 14.7. The normalized spacial score (nSPS) is 12.2. The molecule has 4 rings (SSSR count). The van der Waals surface area contributed by atoms with Crippen molar-refractivity contribution in [3.05, 3.63) is 94.3 Å². The predicted octanol–water partition coefficient (Wildman–Crippen LogP) is 5.73. The van der Waals surface area contributed by atoms with Crippen LogP contribution in [-0.4, -0.2) is 15.2 Å². The molecule has 0 radical (unpaired) electrons. The Morgan fingerprint density at radius 1 is 1.03 bits per heavy atom. The summed E-state index contributed by atoms with van der Waals surface area (Å²) in [5, 5.41) is 15.2. The lowest BCUT2D eigenvalue weighted by atomic mass is 9.94. The molecule has 0 spiro atoms. The summed E-state index contributed by atoms with van der Waals surface area (Å²) in [4.78, 5) is 4.00. The van der Waals surface area contributed by atoms with Gasteiger partial charge in [-0.15, -0.1) is 0 Å². The molecule has 0 fully saturated rings. The summed E-state index contributed by atoms with van der Waals surface area (Å²) in [7, 11) is 0. The zero-order chi connectivity index (χ0) is 20.5. The Hall–Kier alpha value is -3.09. The number of halogens is 3. The number of hydrogen-bond donors (Lipinski definition) is 1. The molecule has 146 valence electrons. The van der Waals surface area contributed by atoms with Crippen molar-refractivity contribution >= 4 is 11.6 Å². The van der Waals surface area contributed by atoms with Crippen LogP contribution in [0.2, 0.25) is 5.02 Å². The van der Waals surface area contributed by atoms with Crippen molar-refractivity contribution in [2.45, 2.75) is 13.0 Å². The number of aliphatic hydroxyl groups is 1. The summed E-state index contributed by atoms with van der Waals surface area (Å²) in [6.07, 6.45) is 1.76. The Balaban J connectivity index is 1.96. The van der Waals surface area contributed by atoms with E-state index in [0.29, 0.717) is 5.56 Å². The van der Waals surface area contributed by atoms with Crippen LogP contribution in [0.15, 0.2) is 65.4 Å². The van der Waals surface area contributed by atoms with Crippen LogP contribution in [0.4, 0.5) is 8.78 Å². The number of hydrogen-bond acceptors (Lipinski definition) is 4. The molecular formula is C22H15ClF2N2O2. The van der Waals surface area contributed by atoms with Gasteiger partial charge in [0, 0.05) is 28.5 Å². The van der Waals surface area contributed by atoms with Crippen LogP contribution in [0.3, 0.4) is 0 Å². The van der Waals surface area contributed by atoms with E-state index in [9.17, 15) is 13.9 Å². The second kappa shape index (κ2) is 7.73. The largest absolute Gasteiger partial charge is 0.383 e. The van der Waals surface area contributed by atoms with Crippen molar-refractivity contribution in [1.82, 2.24) is 10.1 Å². The Bertz CT molecular complexity index is 1110. The van der Waals surface area contributed by atoms with Gasteiger partial charge in [-0.25, -0.2) is 8.78 Å². The summed E-state index contributed by atoms with van der Waals surface area (Å²) >= 11 is 5.85.